The van der Waals surface area contributed by atoms with Gasteiger partial charge in [0.1, 0.15) is 5.82 Å². The molecule has 1 unspecified atom stereocenters. The summed E-state index contributed by atoms with van der Waals surface area (Å²) < 4.78 is 40.5. The Morgan fingerprint density at radius 3 is 2.41 bits per heavy atom. The van der Waals surface area contributed by atoms with Gasteiger partial charge in [0.2, 0.25) is 5.95 Å². The first-order valence-electron chi connectivity index (χ1n) is 15.4. The maximum atomic E-state index is 13.8. The number of hydrogen-bond acceptors (Lipinski definition) is 6. The molecule has 44 heavy (non-hydrogen) atoms. The fourth-order valence-electron chi connectivity index (χ4n) is 5.95. The normalized spacial score (nSPS) is 15.3. The van der Waals surface area contributed by atoms with Gasteiger partial charge in [0.15, 0.2) is 9.84 Å². The van der Waals surface area contributed by atoms with Crippen molar-refractivity contribution >= 4 is 32.7 Å². The summed E-state index contributed by atoms with van der Waals surface area (Å²) in [5, 5.41) is 0. The van der Waals surface area contributed by atoms with Crippen molar-refractivity contribution in [1.82, 2.24) is 19.4 Å². The fraction of sp³-hybridized carbons (Fsp3) is 0.412. The maximum Gasteiger partial charge on any atom is 0.253 e. The van der Waals surface area contributed by atoms with E-state index in [0.717, 1.165) is 68.1 Å². The molecule has 1 atom stereocenters. The highest BCUT2D eigenvalue weighted by Gasteiger charge is 2.24. The molecule has 234 valence electrons. The molecule has 0 saturated carbocycles. The average Bonchev–Trinajstić information content (AvgIpc) is 3.24. The molecule has 1 aliphatic heterocycles. The van der Waals surface area contributed by atoms with Gasteiger partial charge in [-0.3, -0.25) is 4.79 Å². The molecule has 1 amide bonds. The Morgan fingerprint density at radius 1 is 0.932 bits per heavy atom. The highest BCUT2D eigenvalue weighted by atomic mass is 32.2. The van der Waals surface area contributed by atoms with Crippen LogP contribution in [-0.4, -0.2) is 91.5 Å². The van der Waals surface area contributed by atoms with E-state index in [9.17, 15) is 17.6 Å². The molecule has 8 nitrogen and oxygen atoms in total. The molecule has 1 aromatic heterocycles. The minimum absolute atomic E-state index is 0.0299. The summed E-state index contributed by atoms with van der Waals surface area (Å²) in [7, 11) is -1.29. The van der Waals surface area contributed by atoms with Gasteiger partial charge in [-0.2, -0.15) is 0 Å². The number of amides is 1. The summed E-state index contributed by atoms with van der Waals surface area (Å²) in [5.74, 6) is 0.790. The smallest absolute Gasteiger partial charge is 0.253 e. The molecule has 1 aliphatic rings. The van der Waals surface area contributed by atoms with Crippen LogP contribution in [0, 0.1) is 5.82 Å². The van der Waals surface area contributed by atoms with Crippen LogP contribution in [-0.2, 0) is 16.4 Å². The Bertz CT molecular complexity index is 1640. The van der Waals surface area contributed by atoms with Crippen molar-refractivity contribution in [3.8, 4) is 0 Å². The molecule has 1 saturated heterocycles. The van der Waals surface area contributed by atoms with Crippen LogP contribution < -0.4 is 4.90 Å². The molecular formula is C34H42FN5O3S. The van der Waals surface area contributed by atoms with E-state index in [1.54, 1.807) is 11.8 Å². The first-order valence-corrected chi connectivity index (χ1v) is 17.2. The summed E-state index contributed by atoms with van der Waals surface area (Å²) in [6.45, 7) is 6.81. The molecule has 0 aliphatic carbocycles. The number of para-hydroxylation sites is 2. The van der Waals surface area contributed by atoms with Gasteiger partial charge < -0.3 is 19.3 Å². The van der Waals surface area contributed by atoms with Gasteiger partial charge >= 0.3 is 0 Å². The van der Waals surface area contributed by atoms with E-state index in [-0.39, 0.29) is 29.1 Å². The molecule has 0 bridgehead atoms. The van der Waals surface area contributed by atoms with Crippen LogP contribution in [0.5, 0.6) is 0 Å². The Hall–Kier alpha value is -3.76. The number of halogens is 1. The number of aryl methyl sites for hydroxylation is 1. The third kappa shape index (κ3) is 7.84. The molecule has 5 rings (SSSR count). The number of fused-ring (bicyclic) bond motifs is 1. The second-order valence-corrected chi connectivity index (χ2v) is 14.0. The van der Waals surface area contributed by atoms with Gasteiger partial charge in [0, 0.05) is 57.0 Å². The lowest BCUT2D eigenvalue weighted by Gasteiger charge is -2.28. The maximum absolute atomic E-state index is 13.8. The zero-order chi connectivity index (χ0) is 31.1. The Balaban J connectivity index is 1.27. The van der Waals surface area contributed by atoms with Crippen LogP contribution in [0.25, 0.3) is 11.0 Å². The lowest BCUT2D eigenvalue weighted by atomic mass is 9.94. The largest absolute Gasteiger partial charge is 0.341 e. The Kier molecular flexibility index (Phi) is 10.3. The number of nitrogens with zero attached hydrogens (tertiary/aromatic N) is 5. The predicted octanol–water partition coefficient (Wildman–Crippen LogP) is 5.07. The first-order chi connectivity index (χ1) is 21.2. The van der Waals surface area contributed by atoms with Crippen molar-refractivity contribution in [3.05, 3.63) is 95.8 Å². The highest BCUT2D eigenvalue weighted by Crippen LogP contribution is 2.26. The van der Waals surface area contributed by atoms with E-state index in [1.165, 1.54) is 12.1 Å². The van der Waals surface area contributed by atoms with E-state index in [2.05, 4.69) is 14.4 Å². The number of carbonyl (C=O) groups excluding carboxylic acids is 1. The molecule has 0 N–H and O–H groups in total. The number of imidazole rings is 1. The lowest BCUT2D eigenvalue weighted by Crippen LogP contribution is -2.35. The van der Waals surface area contributed by atoms with Crippen LogP contribution in [0.2, 0.25) is 0 Å². The third-order valence-corrected chi connectivity index (χ3v) is 10.3. The van der Waals surface area contributed by atoms with Crippen molar-refractivity contribution < 1.29 is 17.6 Å². The Morgan fingerprint density at radius 2 is 1.66 bits per heavy atom. The summed E-state index contributed by atoms with van der Waals surface area (Å²) in [6.07, 6.45) is 1.77. The summed E-state index contributed by atoms with van der Waals surface area (Å²) >= 11 is 0. The average molecular weight is 620 g/mol. The van der Waals surface area contributed by atoms with Gasteiger partial charge in [-0.15, -0.1) is 0 Å². The standard InChI is InChI=1S/C34H42FN5O3S/c1-3-44(42,43)25-24-40-32-13-8-7-12-31(32)36-34(40)39-20-9-19-38(22-23-39)21-18-29(27-14-16-30(35)17-15-27)26-37(2)33(41)28-10-5-4-6-11-28/h4-8,10-17,29H,3,9,18-26H2,1-2H3. The van der Waals surface area contributed by atoms with E-state index in [4.69, 9.17) is 4.98 Å². The number of carbonyl (C=O) groups is 1. The number of hydrogen-bond donors (Lipinski definition) is 0. The minimum Gasteiger partial charge on any atom is -0.341 e. The second kappa shape index (κ2) is 14.3. The zero-order valence-electron chi connectivity index (χ0n) is 25.6. The van der Waals surface area contributed by atoms with E-state index < -0.39 is 9.84 Å². The fourth-order valence-corrected chi connectivity index (χ4v) is 6.69. The number of rotatable bonds is 12. The first kappa shape index (κ1) is 31.7. The molecule has 10 heteroatoms. The number of sulfone groups is 1. The zero-order valence-corrected chi connectivity index (χ0v) is 26.4. The number of likely N-dealkylation sites (N-methyl/N-ethyl adjacent to an activating group) is 1. The van der Waals surface area contributed by atoms with Crippen LogP contribution >= 0.6 is 0 Å². The summed E-state index contributed by atoms with van der Waals surface area (Å²) in [4.78, 5) is 24.5. The van der Waals surface area contributed by atoms with Crippen LogP contribution in [0.3, 0.4) is 0 Å². The quantitative estimate of drug-likeness (QED) is 0.221. The molecule has 1 fully saturated rings. The summed E-state index contributed by atoms with van der Waals surface area (Å²) in [6, 6.07) is 23.8. The SMILES string of the molecule is CCS(=O)(=O)CCn1c(N2CCCN(CCC(CN(C)C(=O)c3ccccc3)c3ccc(F)cc3)CC2)nc2ccccc21. The monoisotopic (exact) mass is 619 g/mol. The van der Waals surface area contributed by atoms with Gasteiger partial charge in [0.05, 0.1) is 16.8 Å². The topological polar surface area (TPSA) is 78.8 Å². The van der Waals surface area contributed by atoms with Crippen LogP contribution in [0.15, 0.2) is 78.9 Å². The predicted molar refractivity (Wildman–Crippen MR) is 174 cm³/mol. The Labute approximate surface area is 260 Å². The molecule has 0 spiro atoms. The lowest BCUT2D eigenvalue weighted by molar-refractivity contribution is 0.0782. The van der Waals surface area contributed by atoms with Crippen molar-refractivity contribution in [2.45, 2.75) is 32.2 Å². The van der Waals surface area contributed by atoms with Crippen molar-refractivity contribution in [2.24, 2.45) is 0 Å². The van der Waals surface area contributed by atoms with Crippen molar-refractivity contribution in [3.63, 3.8) is 0 Å². The number of anilines is 1. The molecule has 3 aromatic carbocycles. The van der Waals surface area contributed by atoms with Crippen molar-refractivity contribution in [1.29, 1.82) is 0 Å². The van der Waals surface area contributed by atoms with Gasteiger partial charge in [0.25, 0.3) is 5.91 Å². The van der Waals surface area contributed by atoms with Crippen LogP contribution in [0.1, 0.15) is 41.6 Å². The van der Waals surface area contributed by atoms with Crippen LogP contribution in [0.4, 0.5) is 10.3 Å². The minimum atomic E-state index is -3.12. The molecule has 4 aromatic rings. The van der Waals surface area contributed by atoms with E-state index in [0.29, 0.717) is 18.7 Å². The molecule has 2 heterocycles. The van der Waals surface area contributed by atoms with Gasteiger partial charge in [-0.1, -0.05) is 49.4 Å². The van der Waals surface area contributed by atoms with Gasteiger partial charge in [-0.25, -0.2) is 17.8 Å². The summed E-state index contributed by atoms with van der Waals surface area (Å²) in [5.41, 5.74) is 3.49. The van der Waals surface area contributed by atoms with Gasteiger partial charge in [-0.05, 0) is 67.9 Å². The van der Waals surface area contributed by atoms with Crippen molar-refractivity contribution in [2.75, 3.05) is 62.7 Å². The number of benzene rings is 3. The molecular weight excluding hydrogens is 577 g/mol. The highest BCUT2D eigenvalue weighted by molar-refractivity contribution is 7.91. The van der Waals surface area contributed by atoms with E-state index >= 15 is 0 Å². The molecule has 0 radical (unpaired) electrons. The third-order valence-electron chi connectivity index (χ3n) is 8.57. The second-order valence-electron chi connectivity index (χ2n) is 11.6. The van der Waals surface area contributed by atoms with E-state index in [1.807, 2.05) is 73.8 Å². The number of aromatic nitrogens is 2.